The molecule has 2 heterocycles. The largest absolute Gasteiger partial charge is 0.341 e. The monoisotopic (exact) mass is 299 g/mol. The van der Waals surface area contributed by atoms with Crippen molar-refractivity contribution in [3.05, 3.63) is 27.9 Å². The minimum atomic E-state index is 0.755. The highest BCUT2D eigenvalue weighted by Gasteiger charge is 2.05. The van der Waals surface area contributed by atoms with Gasteiger partial charge in [-0.2, -0.15) is 0 Å². The van der Waals surface area contributed by atoms with E-state index in [1.165, 1.54) is 4.88 Å². The van der Waals surface area contributed by atoms with Gasteiger partial charge in [0, 0.05) is 6.42 Å². The highest BCUT2D eigenvalue weighted by atomic mass is 79.9. The topological polar surface area (TPSA) is 54.7 Å². The molecular weight excluding hydrogens is 286 g/mol. The number of H-pyrrole nitrogens is 1. The van der Waals surface area contributed by atoms with Crippen molar-refractivity contribution in [2.45, 2.75) is 19.3 Å². The third-order valence-electron chi connectivity index (χ3n) is 2.33. The number of nitrogens with zero attached hydrogens (tertiary/aromatic N) is 1. The number of hydrogen-bond donors (Lipinski definition) is 2. The van der Waals surface area contributed by atoms with E-state index in [0.29, 0.717) is 0 Å². The van der Waals surface area contributed by atoms with Gasteiger partial charge in [0.25, 0.3) is 0 Å². The molecule has 16 heavy (non-hydrogen) atoms. The van der Waals surface area contributed by atoms with Crippen LogP contribution in [-0.2, 0) is 6.42 Å². The molecule has 5 heteroatoms. The van der Waals surface area contributed by atoms with Gasteiger partial charge in [0.2, 0.25) is 0 Å². The molecule has 0 aliphatic rings. The van der Waals surface area contributed by atoms with Crippen molar-refractivity contribution < 1.29 is 0 Å². The Morgan fingerprint density at radius 1 is 1.38 bits per heavy atom. The summed E-state index contributed by atoms with van der Waals surface area (Å²) in [5.41, 5.74) is 6.55. The lowest BCUT2D eigenvalue weighted by atomic mass is 10.2. The molecule has 0 aliphatic heterocycles. The van der Waals surface area contributed by atoms with Crippen LogP contribution in [-0.4, -0.2) is 16.5 Å². The maximum atomic E-state index is 5.46. The van der Waals surface area contributed by atoms with Crippen molar-refractivity contribution in [3.8, 4) is 10.6 Å². The van der Waals surface area contributed by atoms with Crippen LogP contribution < -0.4 is 5.73 Å². The third-order valence-corrected chi connectivity index (χ3v) is 3.99. The van der Waals surface area contributed by atoms with Crippen LogP contribution in [0.3, 0.4) is 0 Å². The predicted molar refractivity (Wildman–Crippen MR) is 71.6 cm³/mol. The average molecular weight is 300 g/mol. The molecule has 2 rings (SSSR count). The summed E-state index contributed by atoms with van der Waals surface area (Å²) in [7, 11) is 0. The first kappa shape index (κ1) is 11.8. The maximum Gasteiger partial charge on any atom is 0.106 e. The van der Waals surface area contributed by atoms with Crippen molar-refractivity contribution >= 4 is 27.3 Å². The molecule has 0 aromatic carbocycles. The number of imidazole rings is 1. The van der Waals surface area contributed by atoms with Gasteiger partial charge < -0.3 is 10.7 Å². The van der Waals surface area contributed by atoms with Gasteiger partial charge in [-0.15, -0.1) is 11.3 Å². The van der Waals surface area contributed by atoms with Crippen LogP contribution >= 0.6 is 27.3 Å². The number of rotatable bonds is 5. The Hall–Kier alpha value is -0.650. The van der Waals surface area contributed by atoms with E-state index < -0.39 is 0 Å². The molecule has 0 aliphatic carbocycles. The first-order valence-corrected chi connectivity index (χ1v) is 6.90. The lowest BCUT2D eigenvalue weighted by molar-refractivity contribution is 0.723. The summed E-state index contributed by atoms with van der Waals surface area (Å²) in [6.45, 7) is 0.755. The molecule has 2 aromatic heterocycles. The number of unbranched alkanes of at least 4 members (excludes halogenated alkanes) is 1. The maximum absolute atomic E-state index is 5.46. The van der Waals surface area contributed by atoms with Crippen molar-refractivity contribution in [3.63, 3.8) is 0 Å². The smallest absolute Gasteiger partial charge is 0.106 e. The minimum Gasteiger partial charge on any atom is -0.341 e. The number of nitrogens with two attached hydrogens (primary N) is 1. The van der Waals surface area contributed by atoms with E-state index in [9.17, 15) is 0 Å². The summed E-state index contributed by atoms with van der Waals surface area (Å²) < 4.78 is 1.14. The molecule has 0 atom stereocenters. The van der Waals surface area contributed by atoms with E-state index in [0.717, 1.165) is 41.1 Å². The normalized spacial score (nSPS) is 10.9. The van der Waals surface area contributed by atoms with E-state index >= 15 is 0 Å². The number of halogens is 1. The average Bonchev–Trinajstić information content (AvgIpc) is 2.87. The molecule has 0 spiro atoms. The Morgan fingerprint density at radius 3 is 2.94 bits per heavy atom. The van der Waals surface area contributed by atoms with Crippen LogP contribution in [0.5, 0.6) is 0 Å². The molecule has 0 radical (unpaired) electrons. The van der Waals surface area contributed by atoms with Gasteiger partial charge in [0.15, 0.2) is 0 Å². The second-order valence-corrected chi connectivity index (χ2v) is 6.06. The van der Waals surface area contributed by atoms with Crippen molar-refractivity contribution in [1.82, 2.24) is 9.97 Å². The summed E-state index contributed by atoms with van der Waals surface area (Å²) in [4.78, 5) is 8.92. The molecule has 86 valence electrons. The minimum absolute atomic E-state index is 0.755. The lowest BCUT2D eigenvalue weighted by Gasteiger charge is -1.95. The highest BCUT2D eigenvalue weighted by Crippen LogP contribution is 2.30. The molecule has 0 saturated heterocycles. The summed E-state index contributed by atoms with van der Waals surface area (Å²) >= 11 is 5.17. The molecule has 3 nitrogen and oxygen atoms in total. The van der Waals surface area contributed by atoms with Crippen molar-refractivity contribution in [1.29, 1.82) is 0 Å². The van der Waals surface area contributed by atoms with Crippen LogP contribution in [0.2, 0.25) is 0 Å². The molecular formula is C11H14BrN3S. The molecule has 3 N–H and O–H groups in total. The molecule has 2 aromatic rings. The molecule has 0 saturated carbocycles. The first-order valence-electron chi connectivity index (χ1n) is 5.29. The van der Waals surface area contributed by atoms with Gasteiger partial charge in [0.1, 0.15) is 5.82 Å². The van der Waals surface area contributed by atoms with E-state index in [1.807, 2.05) is 6.20 Å². The van der Waals surface area contributed by atoms with E-state index in [4.69, 9.17) is 5.73 Å². The molecule has 0 bridgehead atoms. The van der Waals surface area contributed by atoms with Gasteiger partial charge in [-0.25, -0.2) is 4.98 Å². The zero-order chi connectivity index (χ0) is 11.4. The third kappa shape index (κ3) is 2.93. The van der Waals surface area contributed by atoms with Crippen molar-refractivity contribution in [2.24, 2.45) is 5.73 Å². The fourth-order valence-electron chi connectivity index (χ4n) is 1.51. The van der Waals surface area contributed by atoms with Crippen molar-refractivity contribution in [2.75, 3.05) is 6.54 Å². The molecule has 0 amide bonds. The Labute approximate surface area is 107 Å². The second-order valence-electron chi connectivity index (χ2n) is 3.59. The van der Waals surface area contributed by atoms with E-state index in [1.54, 1.807) is 11.3 Å². The number of nitrogens with one attached hydrogen (secondary N) is 1. The molecule has 0 fully saturated rings. The standard InChI is InChI=1S/C11H14BrN3S/c12-10-5-4-9(16-10)8-7-14-11(15-8)3-1-2-6-13/h4-5,7H,1-3,6,13H2,(H,14,15). The fraction of sp³-hybridized carbons (Fsp3) is 0.364. The SMILES string of the molecule is NCCCCc1ncc(-c2ccc(Br)s2)[nH]1. The quantitative estimate of drug-likeness (QED) is 0.833. The van der Waals surface area contributed by atoms with Gasteiger partial charge in [0.05, 0.1) is 20.6 Å². The summed E-state index contributed by atoms with van der Waals surface area (Å²) in [5.74, 6) is 1.05. The first-order chi connectivity index (χ1) is 7.79. The fourth-order valence-corrected chi connectivity index (χ4v) is 2.86. The van der Waals surface area contributed by atoms with Crippen LogP contribution in [0.1, 0.15) is 18.7 Å². The Kier molecular flexibility index (Phi) is 4.15. The highest BCUT2D eigenvalue weighted by molar-refractivity contribution is 9.11. The van der Waals surface area contributed by atoms with Crippen LogP contribution in [0.15, 0.2) is 22.1 Å². The van der Waals surface area contributed by atoms with E-state index in [2.05, 4.69) is 38.0 Å². The van der Waals surface area contributed by atoms with Gasteiger partial charge in [-0.05, 0) is 47.4 Å². The second kappa shape index (κ2) is 5.61. The zero-order valence-electron chi connectivity index (χ0n) is 8.87. The summed E-state index contributed by atoms with van der Waals surface area (Å²) in [6, 6.07) is 4.14. The Balaban J connectivity index is 2.02. The molecule has 0 unspecified atom stereocenters. The lowest BCUT2D eigenvalue weighted by Crippen LogP contribution is -1.99. The summed E-state index contributed by atoms with van der Waals surface area (Å²) in [5, 5.41) is 0. The van der Waals surface area contributed by atoms with Crippen LogP contribution in [0.25, 0.3) is 10.6 Å². The Morgan fingerprint density at radius 2 is 2.25 bits per heavy atom. The zero-order valence-corrected chi connectivity index (χ0v) is 11.3. The van der Waals surface area contributed by atoms with Crippen LogP contribution in [0.4, 0.5) is 0 Å². The van der Waals surface area contributed by atoms with Gasteiger partial charge >= 0.3 is 0 Å². The number of aromatic nitrogens is 2. The van der Waals surface area contributed by atoms with E-state index in [-0.39, 0.29) is 0 Å². The number of thiophene rings is 1. The predicted octanol–water partition coefficient (Wildman–Crippen LogP) is 3.18. The van der Waals surface area contributed by atoms with Crippen LogP contribution in [0, 0.1) is 0 Å². The summed E-state index contributed by atoms with van der Waals surface area (Å²) in [6.07, 6.45) is 5.03. The number of hydrogen-bond acceptors (Lipinski definition) is 3. The number of aryl methyl sites for hydroxylation is 1. The number of aromatic amines is 1. The van der Waals surface area contributed by atoms with Gasteiger partial charge in [-0.1, -0.05) is 0 Å². The van der Waals surface area contributed by atoms with Gasteiger partial charge in [-0.3, -0.25) is 0 Å². The Bertz CT molecular complexity index is 450.